The number of carbonyl (C=O) groups is 1. The fourth-order valence-electron chi connectivity index (χ4n) is 5.00. The zero-order valence-corrected chi connectivity index (χ0v) is 20.2. The first-order valence-corrected chi connectivity index (χ1v) is 12.6. The number of nitrogens with zero attached hydrogens (tertiary/aromatic N) is 4. The third-order valence-corrected chi connectivity index (χ3v) is 7.02. The summed E-state index contributed by atoms with van der Waals surface area (Å²) in [5.74, 6) is 1.22. The Bertz CT molecular complexity index is 869. The molecule has 7 heteroatoms. The fourth-order valence-corrected chi connectivity index (χ4v) is 5.00. The normalized spacial score (nSPS) is 17.4. The Hall–Kier alpha value is -2.38. The average Bonchev–Trinajstić information content (AvgIpc) is 3.54. The van der Waals surface area contributed by atoms with E-state index in [9.17, 15) is 4.79 Å². The van der Waals surface area contributed by atoms with E-state index in [1.165, 1.54) is 0 Å². The Balaban J connectivity index is 1.62. The van der Waals surface area contributed by atoms with Crippen LogP contribution in [-0.2, 0) is 16.1 Å². The SMILES string of the molecule is CCN(CC)c1onc(-c2ccccc2)c1CN(CCN1CCOCC1)C(=O)C1CCCC1. The average molecular weight is 455 g/mol. The Labute approximate surface area is 197 Å². The molecular formula is C26H38N4O3. The second-order valence-corrected chi connectivity index (χ2v) is 9.05. The van der Waals surface area contributed by atoms with E-state index in [0.717, 1.165) is 94.3 Å². The van der Waals surface area contributed by atoms with Gasteiger partial charge in [0.25, 0.3) is 0 Å². The molecule has 1 aromatic carbocycles. The van der Waals surface area contributed by atoms with Crippen molar-refractivity contribution < 1.29 is 14.1 Å². The first-order chi connectivity index (χ1) is 16.2. The lowest BCUT2D eigenvalue weighted by molar-refractivity contribution is -0.136. The fraction of sp³-hybridized carbons (Fsp3) is 0.615. The smallest absolute Gasteiger partial charge is 0.232 e. The van der Waals surface area contributed by atoms with E-state index in [-0.39, 0.29) is 11.8 Å². The Morgan fingerprint density at radius 2 is 1.79 bits per heavy atom. The van der Waals surface area contributed by atoms with Gasteiger partial charge in [-0.3, -0.25) is 9.69 Å². The molecule has 2 fully saturated rings. The van der Waals surface area contributed by atoms with Gasteiger partial charge in [-0.1, -0.05) is 48.3 Å². The zero-order valence-electron chi connectivity index (χ0n) is 20.2. The first kappa shape index (κ1) is 23.8. The highest BCUT2D eigenvalue weighted by atomic mass is 16.5. The predicted molar refractivity (Wildman–Crippen MR) is 130 cm³/mol. The van der Waals surface area contributed by atoms with Crippen LogP contribution in [0.2, 0.25) is 0 Å². The number of carbonyl (C=O) groups excluding carboxylic acids is 1. The van der Waals surface area contributed by atoms with Gasteiger partial charge < -0.3 is 19.1 Å². The van der Waals surface area contributed by atoms with Crippen LogP contribution in [0.15, 0.2) is 34.9 Å². The number of rotatable bonds is 10. The molecule has 0 spiro atoms. The molecule has 33 heavy (non-hydrogen) atoms. The third kappa shape index (κ3) is 5.76. The van der Waals surface area contributed by atoms with Gasteiger partial charge in [0.15, 0.2) is 0 Å². The number of morpholine rings is 1. The minimum atomic E-state index is 0.145. The molecule has 0 radical (unpaired) electrons. The summed E-state index contributed by atoms with van der Waals surface area (Å²) in [6, 6.07) is 10.2. The molecule has 1 aromatic heterocycles. The Morgan fingerprint density at radius 3 is 2.45 bits per heavy atom. The van der Waals surface area contributed by atoms with Crippen LogP contribution < -0.4 is 4.90 Å². The molecule has 0 bridgehead atoms. The maximum atomic E-state index is 13.6. The molecule has 7 nitrogen and oxygen atoms in total. The summed E-state index contributed by atoms with van der Waals surface area (Å²) in [5.41, 5.74) is 2.88. The quantitative estimate of drug-likeness (QED) is 0.540. The molecule has 180 valence electrons. The summed E-state index contributed by atoms with van der Waals surface area (Å²) >= 11 is 0. The molecule has 1 saturated heterocycles. The maximum absolute atomic E-state index is 13.6. The van der Waals surface area contributed by atoms with Gasteiger partial charge >= 0.3 is 0 Å². The van der Waals surface area contributed by atoms with Gasteiger partial charge in [0.1, 0.15) is 5.69 Å². The topological polar surface area (TPSA) is 62.1 Å². The van der Waals surface area contributed by atoms with Crippen molar-refractivity contribution in [1.82, 2.24) is 15.0 Å². The van der Waals surface area contributed by atoms with Crippen LogP contribution in [0.5, 0.6) is 0 Å². The van der Waals surface area contributed by atoms with Crippen LogP contribution in [0.1, 0.15) is 45.1 Å². The molecule has 1 aliphatic carbocycles. The van der Waals surface area contributed by atoms with Gasteiger partial charge in [-0.2, -0.15) is 0 Å². The van der Waals surface area contributed by atoms with Crippen molar-refractivity contribution in [1.29, 1.82) is 0 Å². The van der Waals surface area contributed by atoms with Crippen molar-refractivity contribution >= 4 is 11.8 Å². The van der Waals surface area contributed by atoms with Gasteiger partial charge in [0.05, 0.1) is 25.3 Å². The minimum Gasteiger partial charge on any atom is -0.379 e. The summed E-state index contributed by atoms with van der Waals surface area (Å²) in [6.07, 6.45) is 4.32. The van der Waals surface area contributed by atoms with Crippen molar-refractivity contribution in [2.24, 2.45) is 5.92 Å². The maximum Gasteiger partial charge on any atom is 0.232 e. The van der Waals surface area contributed by atoms with E-state index in [2.05, 4.69) is 45.8 Å². The van der Waals surface area contributed by atoms with Crippen LogP contribution in [-0.4, -0.2) is 73.3 Å². The van der Waals surface area contributed by atoms with E-state index >= 15 is 0 Å². The number of anilines is 1. The molecule has 1 aliphatic heterocycles. The molecule has 0 N–H and O–H groups in total. The summed E-state index contributed by atoms with van der Waals surface area (Å²) in [5, 5.41) is 4.48. The van der Waals surface area contributed by atoms with E-state index < -0.39 is 0 Å². The van der Waals surface area contributed by atoms with E-state index in [1.54, 1.807) is 0 Å². The highest BCUT2D eigenvalue weighted by Gasteiger charge is 2.31. The van der Waals surface area contributed by atoms with Crippen LogP contribution in [0, 0.1) is 5.92 Å². The van der Waals surface area contributed by atoms with Crippen molar-refractivity contribution in [3.8, 4) is 11.3 Å². The van der Waals surface area contributed by atoms with E-state index in [4.69, 9.17) is 9.26 Å². The Kier molecular flexibility index (Phi) is 8.40. The second kappa shape index (κ2) is 11.7. The van der Waals surface area contributed by atoms with E-state index in [0.29, 0.717) is 13.1 Å². The standard InChI is InChI=1S/C26H38N4O3/c1-3-29(4-2)26-23(24(27-33-26)21-10-6-5-7-11-21)20-30(25(31)22-12-8-9-13-22)15-14-28-16-18-32-19-17-28/h5-7,10-11,22H,3-4,8-9,12-20H2,1-2H3. The van der Waals surface area contributed by atoms with Crippen LogP contribution in [0.25, 0.3) is 11.3 Å². The molecule has 0 atom stereocenters. The molecule has 2 aliphatic rings. The van der Waals surface area contributed by atoms with Crippen molar-refractivity contribution in [2.45, 2.75) is 46.1 Å². The van der Waals surface area contributed by atoms with Crippen LogP contribution >= 0.6 is 0 Å². The number of hydrogen-bond acceptors (Lipinski definition) is 6. The van der Waals surface area contributed by atoms with Crippen LogP contribution in [0.4, 0.5) is 5.88 Å². The molecular weight excluding hydrogens is 416 g/mol. The van der Waals surface area contributed by atoms with Gasteiger partial charge in [-0.15, -0.1) is 0 Å². The molecule has 2 aromatic rings. The lowest BCUT2D eigenvalue weighted by Gasteiger charge is -2.31. The third-order valence-electron chi connectivity index (χ3n) is 7.02. The lowest BCUT2D eigenvalue weighted by atomic mass is 10.0. The van der Waals surface area contributed by atoms with Crippen LogP contribution in [0.3, 0.4) is 0 Å². The summed E-state index contributed by atoms with van der Waals surface area (Å²) < 4.78 is 11.4. The molecule has 4 rings (SSSR count). The minimum absolute atomic E-state index is 0.145. The second-order valence-electron chi connectivity index (χ2n) is 9.05. The number of ether oxygens (including phenoxy) is 1. The predicted octanol–water partition coefficient (Wildman–Crippen LogP) is 4.04. The molecule has 1 amide bonds. The first-order valence-electron chi connectivity index (χ1n) is 12.6. The van der Waals surface area contributed by atoms with Gasteiger partial charge in [-0.05, 0) is 26.7 Å². The zero-order chi connectivity index (χ0) is 23.0. The largest absolute Gasteiger partial charge is 0.379 e. The number of hydrogen-bond donors (Lipinski definition) is 0. The van der Waals surface area contributed by atoms with Gasteiger partial charge in [0.2, 0.25) is 11.8 Å². The number of aromatic nitrogens is 1. The Morgan fingerprint density at radius 1 is 1.09 bits per heavy atom. The number of amides is 1. The van der Waals surface area contributed by atoms with E-state index in [1.807, 2.05) is 18.2 Å². The van der Waals surface area contributed by atoms with Gasteiger partial charge in [0, 0.05) is 50.7 Å². The molecule has 1 saturated carbocycles. The van der Waals surface area contributed by atoms with Gasteiger partial charge in [-0.25, -0.2) is 0 Å². The highest BCUT2D eigenvalue weighted by Crippen LogP contribution is 2.34. The van der Waals surface area contributed by atoms with Crippen molar-refractivity contribution in [3.63, 3.8) is 0 Å². The number of benzene rings is 1. The molecule has 2 heterocycles. The summed E-state index contributed by atoms with van der Waals surface area (Å²) in [4.78, 5) is 20.3. The highest BCUT2D eigenvalue weighted by molar-refractivity contribution is 5.80. The van der Waals surface area contributed by atoms with Crippen molar-refractivity contribution in [3.05, 3.63) is 35.9 Å². The summed E-state index contributed by atoms with van der Waals surface area (Å²) in [7, 11) is 0. The summed E-state index contributed by atoms with van der Waals surface area (Å²) in [6.45, 7) is 11.4. The lowest BCUT2D eigenvalue weighted by Crippen LogP contribution is -2.44. The van der Waals surface area contributed by atoms with Crippen molar-refractivity contribution in [2.75, 3.05) is 57.4 Å². The monoisotopic (exact) mass is 454 g/mol. The molecule has 0 unspecified atom stereocenters.